The van der Waals surface area contributed by atoms with Gasteiger partial charge in [-0.25, -0.2) is 4.79 Å². The molecule has 8 nitrogen and oxygen atoms in total. The van der Waals surface area contributed by atoms with Crippen LogP contribution in [-0.2, 0) is 11.3 Å². The van der Waals surface area contributed by atoms with E-state index in [1.165, 1.54) is 11.8 Å². The Kier molecular flexibility index (Phi) is 4.38. The average Bonchev–Trinajstić information content (AvgIpc) is 3.10. The van der Waals surface area contributed by atoms with Gasteiger partial charge in [0.25, 0.3) is 0 Å². The summed E-state index contributed by atoms with van der Waals surface area (Å²) in [6.07, 6.45) is 2.42. The number of aromatic nitrogens is 3. The molecular weight excluding hydrogens is 268 g/mol. The Morgan fingerprint density at radius 1 is 1.42 bits per heavy atom. The first-order valence-corrected chi connectivity index (χ1v) is 6.96. The highest BCUT2D eigenvalue weighted by molar-refractivity contribution is 7.99. The van der Waals surface area contributed by atoms with Crippen LogP contribution >= 0.6 is 11.8 Å². The minimum Gasteiger partial charge on any atom is -0.351 e. The van der Waals surface area contributed by atoms with E-state index in [1.807, 2.05) is 9.88 Å². The summed E-state index contributed by atoms with van der Waals surface area (Å²) in [5.74, 6) is 0.886. The summed E-state index contributed by atoms with van der Waals surface area (Å²) in [4.78, 5) is 21.7. The SMILES string of the molecule is NCc1nnc(SCCC(=O)NC(N)=O)n1C1CC1. The lowest BCUT2D eigenvalue weighted by molar-refractivity contribution is -0.119. The smallest absolute Gasteiger partial charge is 0.318 e. The third kappa shape index (κ3) is 3.67. The number of imide groups is 1. The van der Waals surface area contributed by atoms with E-state index in [9.17, 15) is 9.59 Å². The number of hydrogen-bond acceptors (Lipinski definition) is 6. The minimum atomic E-state index is -0.832. The Hall–Kier alpha value is -1.61. The van der Waals surface area contributed by atoms with Crippen molar-refractivity contribution in [3.63, 3.8) is 0 Å². The second-order valence-corrected chi connectivity index (χ2v) is 5.28. The second-order valence-electron chi connectivity index (χ2n) is 4.21. The van der Waals surface area contributed by atoms with Crippen LogP contribution in [0.1, 0.15) is 31.1 Å². The monoisotopic (exact) mass is 284 g/mol. The predicted octanol–water partition coefficient (Wildman–Crippen LogP) is -0.251. The van der Waals surface area contributed by atoms with Gasteiger partial charge in [0.1, 0.15) is 5.82 Å². The van der Waals surface area contributed by atoms with E-state index >= 15 is 0 Å². The van der Waals surface area contributed by atoms with E-state index in [2.05, 4.69) is 10.2 Å². The van der Waals surface area contributed by atoms with Crippen molar-refractivity contribution in [3.05, 3.63) is 5.82 Å². The minimum absolute atomic E-state index is 0.198. The van der Waals surface area contributed by atoms with E-state index in [0.29, 0.717) is 18.3 Å². The van der Waals surface area contributed by atoms with Gasteiger partial charge in [0.05, 0.1) is 6.54 Å². The van der Waals surface area contributed by atoms with Crippen molar-refractivity contribution in [1.82, 2.24) is 20.1 Å². The van der Waals surface area contributed by atoms with Crippen LogP contribution in [0.15, 0.2) is 5.16 Å². The molecular formula is C10H16N6O2S. The molecule has 0 aromatic carbocycles. The van der Waals surface area contributed by atoms with Gasteiger partial charge >= 0.3 is 6.03 Å². The molecule has 1 fully saturated rings. The van der Waals surface area contributed by atoms with Crippen LogP contribution in [-0.4, -0.2) is 32.5 Å². The van der Waals surface area contributed by atoms with Crippen LogP contribution < -0.4 is 16.8 Å². The van der Waals surface area contributed by atoms with Crippen LogP contribution in [0.5, 0.6) is 0 Å². The summed E-state index contributed by atoms with van der Waals surface area (Å²) in [5, 5.41) is 10.9. The average molecular weight is 284 g/mol. The highest BCUT2D eigenvalue weighted by atomic mass is 32.2. The largest absolute Gasteiger partial charge is 0.351 e. The van der Waals surface area contributed by atoms with Crippen molar-refractivity contribution in [2.75, 3.05) is 5.75 Å². The lowest BCUT2D eigenvalue weighted by atomic mass is 10.4. The third-order valence-corrected chi connectivity index (χ3v) is 3.60. The molecule has 2 rings (SSSR count). The third-order valence-electron chi connectivity index (χ3n) is 2.65. The van der Waals surface area contributed by atoms with Gasteiger partial charge in [-0.3, -0.25) is 10.1 Å². The molecule has 0 unspecified atom stereocenters. The molecule has 19 heavy (non-hydrogen) atoms. The topological polar surface area (TPSA) is 129 Å². The zero-order chi connectivity index (χ0) is 13.8. The van der Waals surface area contributed by atoms with E-state index in [1.54, 1.807) is 0 Å². The van der Waals surface area contributed by atoms with Gasteiger partial charge in [-0.15, -0.1) is 10.2 Å². The molecule has 0 spiro atoms. The van der Waals surface area contributed by atoms with E-state index < -0.39 is 11.9 Å². The summed E-state index contributed by atoms with van der Waals surface area (Å²) in [7, 11) is 0. The normalized spacial score (nSPS) is 14.4. The van der Waals surface area contributed by atoms with Crippen molar-refractivity contribution in [2.45, 2.75) is 37.0 Å². The van der Waals surface area contributed by atoms with Gasteiger partial charge in [-0.2, -0.15) is 0 Å². The summed E-state index contributed by atoms with van der Waals surface area (Å²) in [6, 6.07) is -0.392. The van der Waals surface area contributed by atoms with Crippen LogP contribution in [0.2, 0.25) is 0 Å². The number of thioether (sulfide) groups is 1. The summed E-state index contributed by atoms with van der Waals surface area (Å²) in [5.41, 5.74) is 10.5. The molecule has 0 radical (unpaired) electrons. The molecule has 0 bridgehead atoms. The number of carbonyl (C=O) groups excluding carboxylic acids is 2. The predicted molar refractivity (Wildman–Crippen MR) is 69.3 cm³/mol. The molecule has 0 saturated heterocycles. The van der Waals surface area contributed by atoms with Gasteiger partial charge in [0.15, 0.2) is 5.16 Å². The molecule has 1 saturated carbocycles. The van der Waals surface area contributed by atoms with Crippen molar-refractivity contribution in [2.24, 2.45) is 11.5 Å². The fourth-order valence-corrected chi connectivity index (χ4v) is 2.64. The Bertz CT molecular complexity index is 484. The molecule has 1 aromatic rings. The molecule has 1 heterocycles. The number of nitrogens with one attached hydrogen (secondary N) is 1. The van der Waals surface area contributed by atoms with E-state index in [0.717, 1.165) is 23.8 Å². The number of amides is 3. The molecule has 0 aliphatic heterocycles. The fourth-order valence-electron chi connectivity index (χ4n) is 1.68. The van der Waals surface area contributed by atoms with E-state index in [4.69, 9.17) is 11.5 Å². The van der Waals surface area contributed by atoms with Crippen LogP contribution in [0.4, 0.5) is 4.79 Å². The lowest BCUT2D eigenvalue weighted by Gasteiger charge is -2.07. The van der Waals surface area contributed by atoms with Gasteiger partial charge < -0.3 is 16.0 Å². The maximum absolute atomic E-state index is 11.2. The number of urea groups is 1. The summed E-state index contributed by atoms with van der Waals surface area (Å²) >= 11 is 1.43. The van der Waals surface area contributed by atoms with E-state index in [-0.39, 0.29) is 6.42 Å². The Labute approximate surface area is 114 Å². The first-order valence-electron chi connectivity index (χ1n) is 5.97. The maximum Gasteiger partial charge on any atom is 0.318 e. The van der Waals surface area contributed by atoms with Crippen LogP contribution in [0.3, 0.4) is 0 Å². The van der Waals surface area contributed by atoms with Gasteiger partial charge in [0, 0.05) is 18.2 Å². The van der Waals surface area contributed by atoms with Crippen LogP contribution in [0.25, 0.3) is 0 Å². The van der Waals surface area contributed by atoms with Crippen molar-refractivity contribution in [1.29, 1.82) is 0 Å². The molecule has 0 atom stereocenters. The molecule has 5 N–H and O–H groups in total. The van der Waals surface area contributed by atoms with Gasteiger partial charge in [-0.05, 0) is 12.8 Å². The maximum atomic E-state index is 11.2. The molecule has 1 aliphatic carbocycles. The second kappa shape index (κ2) is 6.02. The fraction of sp³-hybridized carbons (Fsp3) is 0.600. The highest BCUT2D eigenvalue weighted by Gasteiger charge is 2.29. The van der Waals surface area contributed by atoms with Gasteiger partial charge in [0.2, 0.25) is 5.91 Å². The highest BCUT2D eigenvalue weighted by Crippen LogP contribution is 2.38. The first-order chi connectivity index (χ1) is 9.11. The Balaban J connectivity index is 1.87. The molecule has 1 aliphatic rings. The number of hydrogen-bond donors (Lipinski definition) is 3. The van der Waals surface area contributed by atoms with Crippen LogP contribution in [0, 0.1) is 0 Å². The Morgan fingerprint density at radius 2 is 2.16 bits per heavy atom. The zero-order valence-corrected chi connectivity index (χ0v) is 11.2. The number of nitrogens with zero attached hydrogens (tertiary/aromatic N) is 3. The van der Waals surface area contributed by atoms with Gasteiger partial charge in [-0.1, -0.05) is 11.8 Å². The van der Waals surface area contributed by atoms with Crippen molar-refractivity contribution in [3.8, 4) is 0 Å². The molecule has 104 valence electrons. The molecule has 9 heteroatoms. The summed E-state index contributed by atoms with van der Waals surface area (Å²) < 4.78 is 2.04. The Morgan fingerprint density at radius 3 is 2.74 bits per heavy atom. The summed E-state index contributed by atoms with van der Waals surface area (Å²) in [6.45, 7) is 0.353. The zero-order valence-electron chi connectivity index (χ0n) is 10.3. The molecule has 1 aromatic heterocycles. The number of primary amides is 1. The molecule has 3 amide bonds. The first kappa shape index (κ1) is 13.8. The standard InChI is InChI=1S/C10H16N6O2S/c11-5-7-14-15-10(16(7)6-1-2-6)19-4-3-8(17)13-9(12)18/h6H,1-5,11H2,(H3,12,13,17,18). The number of rotatable bonds is 6. The van der Waals surface area contributed by atoms with Crippen molar-refractivity contribution < 1.29 is 9.59 Å². The number of carbonyl (C=O) groups is 2. The number of nitrogens with two attached hydrogens (primary N) is 2. The lowest BCUT2D eigenvalue weighted by Crippen LogP contribution is -2.35. The van der Waals surface area contributed by atoms with Crippen molar-refractivity contribution >= 4 is 23.7 Å². The quantitative estimate of drug-likeness (QED) is 0.618.